The van der Waals surface area contributed by atoms with Crippen LogP contribution in [0.3, 0.4) is 0 Å². The van der Waals surface area contributed by atoms with Crippen molar-refractivity contribution in [1.82, 2.24) is 0 Å². The zero-order valence-corrected chi connectivity index (χ0v) is 14.5. The van der Waals surface area contributed by atoms with Crippen molar-refractivity contribution in [2.24, 2.45) is 5.92 Å². The Balaban J connectivity index is 1.73. The van der Waals surface area contributed by atoms with Crippen molar-refractivity contribution in [1.29, 1.82) is 0 Å². The maximum Gasteiger partial charge on any atom is 0.341 e. The molecule has 3 rings (SSSR count). The fourth-order valence-corrected chi connectivity index (χ4v) is 6.44. The molecule has 1 aliphatic carbocycles. The molecule has 0 bridgehead atoms. The average Bonchev–Trinajstić information content (AvgIpc) is 3.12. The van der Waals surface area contributed by atoms with Gasteiger partial charge in [0.05, 0.1) is 24.2 Å². The minimum absolute atomic E-state index is 0.0746. The van der Waals surface area contributed by atoms with Crippen LogP contribution in [0.4, 0.5) is 5.00 Å². The van der Waals surface area contributed by atoms with Crippen molar-refractivity contribution in [2.75, 3.05) is 23.9 Å². The smallest absolute Gasteiger partial charge is 0.341 e. The number of rotatable bonds is 4. The lowest BCUT2D eigenvalue weighted by atomic mass is 10.0. The van der Waals surface area contributed by atoms with Gasteiger partial charge in [-0.25, -0.2) is 13.2 Å². The first-order chi connectivity index (χ1) is 10.9. The second-order valence-corrected chi connectivity index (χ2v) is 9.41. The monoisotopic (exact) mass is 357 g/mol. The van der Waals surface area contributed by atoms with Gasteiger partial charge in [-0.05, 0) is 37.2 Å². The summed E-state index contributed by atoms with van der Waals surface area (Å²) in [5.74, 6) is -0.564. The highest BCUT2D eigenvalue weighted by molar-refractivity contribution is 7.91. The SMILES string of the molecule is COC(=O)c1c(NC(=O)CC2CCS(=O)(=O)C2)sc2c1CCC2. The Labute approximate surface area is 139 Å². The van der Waals surface area contributed by atoms with Gasteiger partial charge >= 0.3 is 5.97 Å². The van der Waals surface area contributed by atoms with Crippen LogP contribution in [-0.4, -0.2) is 38.9 Å². The van der Waals surface area contributed by atoms with Crippen LogP contribution in [0.5, 0.6) is 0 Å². The van der Waals surface area contributed by atoms with Crippen LogP contribution in [0.25, 0.3) is 0 Å². The van der Waals surface area contributed by atoms with Gasteiger partial charge < -0.3 is 10.1 Å². The standard InChI is InChI=1S/C15H19NO5S2/c1-21-15(18)13-10-3-2-4-11(10)22-14(13)16-12(17)7-9-5-6-23(19,20)8-9/h9H,2-8H2,1H3,(H,16,17). The molecule has 1 aliphatic heterocycles. The largest absolute Gasteiger partial charge is 0.465 e. The van der Waals surface area contributed by atoms with E-state index in [0.717, 1.165) is 29.7 Å². The van der Waals surface area contributed by atoms with Crippen LogP contribution in [0.2, 0.25) is 0 Å². The molecule has 1 fully saturated rings. The van der Waals surface area contributed by atoms with Gasteiger partial charge in [0.1, 0.15) is 5.00 Å². The van der Waals surface area contributed by atoms with E-state index >= 15 is 0 Å². The Hall–Kier alpha value is -1.41. The topological polar surface area (TPSA) is 89.5 Å². The van der Waals surface area contributed by atoms with Crippen LogP contribution in [0.15, 0.2) is 0 Å². The number of thiophene rings is 1. The van der Waals surface area contributed by atoms with Crippen LogP contribution < -0.4 is 5.32 Å². The second kappa shape index (κ2) is 6.24. The molecule has 1 atom stereocenters. The molecule has 1 saturated heterocycles. The maximum atomic E-state index is 12.2. The summed E-state index contributed by atoms with van der Waals surface area (Å²) >= 11 is 1.43. The Bertz CT molecular complexity index is 750. The summed E-state index contributed by atoms with van der Waals surface area (Å²) in [6, 6.07) is 0. The third-order valence-corrected chi connectivity index (χ3v) is 7.41. The Morgan fingerprint density at radius 3 is 2.78 bits per heavy atom. The number of amides is 1. The molecule has 0 aromatic carbocycles. The van der Waals surface area contributed by atoms with Crippen molar-refractivity contribution in [3.05, 3.63) is 16.0 Å². The molecule has 23 heavy (non-hydrogen) atoms. The first kappa shape index (κ1) is 16.4. The van der Waals surface area contributed by atoms with E-state index in [0.29, 0.717) is 17.0 Å². The number of carbonyl (C=O) groups excluding carboxylic acids is 2. The van der Waals surface area contributed by atoms with Crippen LogP contribution >= 0.6 is 11.3 Å². The molecule has 8 heteroatoms. The number of methoxy groups -OCH3 is 1. The third kappa shape index (κ3) is 3.42. The van der Waals surface area contributed by atoms with Gasteiger partial charge in [0.2, 0.25) is 5.91 Å². The quantitative estimate of drug-likeness (QED) is 0.830. The lowest BCUT2D eigenvalue weighted by Crippen LogP contribution is -2.18. The fraction of sp³-hybridized carbons (Fsp3) is 0.600. The van der Waals surface area contributed by atoms with Crippen molar-refractivity contribution in [3.8, 4) is 0 Å². The zero-order chi connectivity index (χ0) is 16.6. The van der Waals surface area contributed by atoms with E-state index < -0.39 is 15.8 Å². The van der Waals surface area contributed by atoms with Crippen LogP contribution in [0, 0.1) is 5.92 Å². The molecule has 0 saturated carbocycles. The second-order valence-electron chi connectivity index (χ2n) is 6.07. The van der Waals surface area contributed by atoms with Crippen LogP contribution in [-0.2, 0) is 32.2 Å². The number of esters is 1. The first-order valence-corrected chi connectivity index (χ1v) is 10.3. The lowest BCUT2D eigenvalue weighted by molar-refractivity contribution is -0.116. The Kier molecular flexibility index (Phi) is 4.46. The molecule has 1 amide bonds. The van der Waals surface area contributed by atoms with Crippen molar-refractivity contribution >= 4 is 38.1 Å². The van der Waals surface area contributed by atoms with E-state index in [1.165, 1.54) is 18.4 Å². The first-order valence-electron chi connectivity index (χ1n) is 7.62. The van der Waals surface area contributed by atoms with E-state index in [-0.39, 0.29) is 29.8 Å². The van der Waals surface area contributed by atoms with E-state index in [2.05, 4.69) is 5.32 Å². The van der Waals surface area contributed by atoms with Gasteiger partial charge in [-0.3, -0.25) is 4.79 Å². The summed E-state index contributed by atoms with van der Waals surface area (Å²) < 4.78 is 27.8. The highest BCUT2D eigenvalue weighted by atomic mass is 32.2. The van der Waals surface area contributed by atoms with Gasteiger partial charge in [-0.2, -0.15) is 0 Å². The number of hydrogen-bond acceptors (Lipinski definition) is 6. The number of aryl methyl sites for hydroxylation is 1. The molecular formula is C15H19NO5S2. The number of fused-ring (bicyclic) bond motifs is 1. The highest BCUT2D eigenvalue weighted by Gasteiger charge is 2.31. The molecule has 0 spiro atoms. The molecule has 1 aromatic heterocycles. The number of sulfone groups is 1. The van der Waals surface area contributed by atoms with Gasteiger partial charge in [-0.1, -0.05) is 0 Å². The Morgan fingerprint density at radius 1 is 1.35 bits per heavy atom. The number of ether oxygens (including phenoxy) is 1. The molecule has 1 aromatic rings. The van der Waals surface area contributed by atoms with Gasteiger partial charge in [-0.15, -0.1) is 11.3 Å². The predicted molar refractivity (Wildman–Crippen MR) is 87.7 cm³/mol. The summed E-state index contributed by atoms with van der Waals surface area (Å²) in [6.45, 7) is 0. The number of hydrogen-bond donors (Lipinski definition) is 1. The molecule has 2 aliphatic rings. The van der Waals surface area contributed by atoms with E-state index in [4.69, 9.17) is 4.74 Å². The molecular weight excluding hydrogens is 338 g/mol. The molecule has 0 radical (unpaired) electrons. The van der Waals surface area contributed by atoms with Crippen molar-refractivity contribution < 1.29 is 22.7 Å². The van der Waals surface area contributed by atoms with Crippen molar-refractivity contribution in [3.63, 3.8) is 0 Å². The van der Waals surface area contributed by atoms with Gasteiger partial charge in [0.25, 0.3) is 0 Å². The van der Waals surface area contributed by atoms with E-state index in [9.17, 15) is 18.0 Å². The summed E-state index contributed by atoms with van der Waals surface area (Å²) in [4.78, 5) is 25.4. The molecule has 6 nitrogen and oxygen atoms in total. The zero-order valence-electron chi connectivity index (χ0n) is 12.9. The minimum atomic E-state index is -2.99. The summed E-state index contributed by atoms with van der Waals surface area (Å²) in [5, 5.41) is 3.33. The minimum Gasteiger partial charge on any atom is -0.465 e. The fourth-order valence-electron chi connectivity index (χ4n) is 3.28. The number of anilines is 1. The summed E-state index contributed by atoms with van der Waals surface area (Å²) in [7, 11) is -1.66. The van der Waals surface area contributed by atoms with Crippen molar-refractivity contribution in [2.45, 2.75) is 32.1 Å². The third-order valence-electron chi connectivity index (χ3n) is 4.36. The number of carbonyl (C=O) groups is 2. The van der Waals surface area contributed by atoms with Crippen LogP contribution in [0.1, 0.15) is 40.1 Å². The summed E-state index contributed by atoms with van der Waals surface area (Å²) in [6.07, 6.45) is 3.45. The summed E-state index contributed by atoms with van der Waals surface area (Å²) in [5.41, 5.74) is 1.46. The van der Waals surface area contributed by atoms with Gasteiger partial charge in [0, 0.05) is 11.3 Å². The molecule has 2 heterocycles. The highest BCUT2D eigenvalue weighted by Crippen LogP contribution is 2.39. The Morgan fingerprint density at radius 2 is 2.13 bits per heavy atom. The van der Waals surface area contributed by atoms with E-state index in [1.54, 1.807) is 0 Å². The molecule has 126 valence electrons. The lowest BCUT2D eigenvalue weighted by Gasteiger charge is -2.09. The molecule has 1 unspecified atom stereocenters. The molecule has 1 N–H and O–H groups in total. The van der Waals surface area contributed by atoms with E-state index in [1.807, 2.05) is 0 Å². The number of nitrogens with one attached hydrogen (secondary N) is 1. The predicted octanol–water partition coefficient (Wildman–Crippen LogP) is 1.79. The van der Waals surface area contributed by atoms with Gasteiger partial charge in [0.15, 0.2) is 9.84 Å². The maximum absolute atomic E-state index is 12.2. The normalized spacial score (nSPS) is 21.9. The average molecular weight is 357 g/mol.